The van der Waals surface area contributed by atoms with Gasteiger partial charge in [-0.05, 0) is 0 Å². The SMILES string of the molecule is COCCOCCNS(=O)(=O)c1cnn(CCO)c1. The average molecular weight is 293 g/mol. The van der Waals surface area contributed by atoms with Gasteiger partial charge in [0.15, 0.2) is 0 Å². The normalized spacial score (nSPS) is 11.9. The molecule has 0 amide bonds. The highest BCUT2D eigenvalue weighted by atomic mass is 32.2. The van der Waals surface area contributed by atoms with E-state index in [1.165, 1.54) is 17.1 Å². The molecule has 0 spiro atoms. The minimum absolute atomic E-state index is 0.0674. The highest BCUT2D eigenvalue weighted by Crippen LogP contribution is 2.06. The second kappa shape index (κ2) is 8.23. The van der Waals surface area contributed by atoms with E-state index in [2.05, 4.69) is 9.82 Å². The Labute approximate surface area is 112 Å². The predicted molar refractivity (Wildman–Crippen MR) is 67.2 cm³/mol. The van der Waals surface area contributed by atoms with Gasteiger partial charge in [0.25, 0.3) is 0 Å². The zero-order chi connectivity index (χ0) is 14.1. The van der Waals surface area contributed by atoms with Gasteiger partial charge >= 0.3 is 0 Å². The number of sulfonamides is 1. The lowest BCUT2D eigenvalue weighted by molar-refractivity contribution is 0.0736. The Bertz CT molecular complexity index is 459. The fraction of sp³-hybridized carbons (Fsp3) is 0.700. The molecule has 0 saturated heterocycles. The van der Waals surface area contributed by atoms with Crippen LogP contribution in [0, 0.1) is 0 Å². The summed E-state index contributed by atoms with van der Waals surface area (Å²) in [5.41, 5.74) is 0. The molecule has 19 heavy (non-hydrogen) atoms. The van der Waals surface area contributed by atoms with Crippen molar-refractivity contribution in [3.63, 3.8) is 0 Å². The molecule has 0 aliphatic rings. The summed E-state index contributed by atoms with van der Waals surface area (Å²) in [4.78, 5) is 0.0674. The average Bonchev–Trinajstić information content (AvgIpc) is 2.83. The topological polar surface area (TPSA) is 103 Å². The fourth-order valence-corrected chi connectivity index (χ4v) is 2.25. The summed E-state index contributed by atoms with van der Waals surface area (Å²) >= 11 is 0. The molecule has 0 aliphatic heterocycles. The number of aliphatic hydroxyl groups is 1. The molecule has 0 radical (unpaired) electrons. The van der Waals surface area contributed by atoms with Gasteiger partial charge in [-0.25, -0.2) is 13.1 Å². The number of hydrogen-bond acceptors (Lipinski definition) is 6. The molecular formula is C10H19N3O5S. The molecule has 0 fully saturated rings. The standard InChI is InChI=1S/C10H19N3O5S/c1-17-6-7-18-5-2-12-19(15,16)10-8-11-13(9-10)3-4-14/h8-9,12,14H,2-7H2,1H3. The van der Waals surface area contributed by atoms with Crippen molar-refractivity contribution in [2.24, 2.45) is 0 Å². The zero-order valence-corrected chi connectivity index (χ0v) is 11.6. The molecule has 0 aromatic carbocycles. The minimum atomic E-state index is -3.58. The Morgan fingerprint density at radius 1 is 1.42 bits per heavy atom. The molecule has 0 atom stereocenters. The van der Waals surface area contributed by atoms with Crippen LogP contribution in [0.4, 0.5) is 0 Å². The van der Waals surface area contributed by atoms with Crippen molar-refractivity contribution < 1.29 is 23.0 Å². The molecule has 8 nitrogen and oxygen atoms in total. The molecule has 0 saturated carbocycles. The first-order valence-corrected chi connectivity index (χ1v) is 7.28. The second-order valence-electron chi connectivity index (χ2n) is 3.67. The van der Waals surface area contributed by atoms with Crippen LogP contribution in [0.25, 0.3) is 0 Å². The number of aromatic nitrogens is 2. The molecule has 1 aromatic rings. The number of nitrogens with one attached hydrogen (secondary N) is 1. The maximum absolute atomic E-state index is 11.8. The molecule has 110 valence electrons. The first-order chi connectivity index (χ1) is 9.10. The van der Waals surface area contributed by atoms with E-state index in [-0.39, 0.29) is 31.2 Å². The first-order valence-electron chi connectivity index (χ1n) is 5.80. The van der Waals surface area contributed by atoms with E-state index in [1.54, 1.807) is 7.11 Å². The highest BCUT2D eigenvalue weighted by Gasteiger charge is 2.15. The van der Waals surface area contributed by atoms with Gasteiger partial charge in [0.05, 0.1) is 39.2 Å². The van der Waals surface area contributed by atoms with Crippen molar-refractivity contribution in [1.82, 2.24) is 14.5 Å². The maximum atomic E-state index is 11.8. The van der Waals surface area contributed by atoms with Crippen molar-refractivity contribution in [2.45, 2.75) is 11.4 Å². The quantitative estimate of drug-likeness (QED) is 0.526. The summed E-state index contributed by atoms with van der Waals surface area (Å²) in [5, 5.41) is 12.6. The molecule has 0 bridgehead atoms. The lowest BCUT2D eigenvalue weighted by Crippen LogP contribution is -2.27. The maximum Gasteiger partial charge on any atom is 0.243 e. The van der Waals surface area contributed by atoms with Gasteiger partial charge in [-0.1, -0.05) is 0 Å². The number of ether oxygens (including phenoxy) is 2. The minimum Gasteiger partial charge on any atom is -0.394 e. The van der Waals surface area contributed by atoms with Crippen LogP contribution in [0.5, 0.6) is 0 Å². The monoisotopic (exact) mass is 293 g/mol. The van der Waals surface area contributed by atoms with E-state index >= 15 is 0 Å². The Hall–Kier alpha value is -1.00. The number of aliphatic hydroxyl groups excluding tert-OH is 1. The number of hydrogen-bond donors (Lipinski definition) is 2. The fourth-order valence-electron chi connectivity index (χ4n) is 1.28. The van der Waals surface area contributed by atoms with Crippen LogP contribution < -0.4 is 4.72 Å². The van der Waals surface area contributed by atoms with E-state index in [0.717, 1.165) is 0 Å². The molecular weight excluding hydrogens is 274 g/mol. The largest absolute Gasteiger partial charge is 0.394 e. The highest BCUT2D eigenvalue weighted by molar-refractivity contribution is 7.89. The summed E-state index contributed by atoms with van der Waals surface area (Å²) in [5.74, 6) is 0. The Morgan fingerprint density at radius 3 is 2.89 bits per heavy atom. The van der Waals surface area contributed by atoms with Crippen LogP contribution in [0.2, 0.25) is 0 Å². The van der Waals surface area contributed by atoms with E-state index < -0.39 is 10.0 Å². The van der Waals surface area contributed by atoms with Gasteiger partial charge in [0.2, 0.25) is 10.0 Å². The molecule has 1 rings (SSSR count). The summed E-state index contributed by atoms with van der Waals surface area (Å²) in [6.07, 6.45) is 2.61. The van der Waals surface area contributed by atoms with Crippen molar-refractivity contribution in [1.29, 1.82) is 0 Å². The van der Waals surface area contributed by atoms with Gasteiger partial charge in [-0.15, -0.1) is 0 Å². The van der Waals surface area contributed by atoms with E-state index in [9.17, 15) is 8.42 Å². The molecule has 0 aliphatic carbocycles. The van der Waals surface area contributed by atoms with Gasteiger partial charge in [0, 0.05) is 19.9 Å². The van der Waals surface area contributed by atoms with Crippen molar-refractivity contribution in [2.75, 3.05) is 40.1 Å². The van der Waals surface area contributed by atoms with Crippen LogP contribution in [-0.2, 0) is 26.0 Å². The molecule has 9 heteroatoms. The molecule has 1 heterocycles. The van der Waals surface area contributed by atoms with E-state index in [0.29, 0.717) is 13.2 Å². The lowest BCUT2D eigenvalue weighted by Gasteiger charge is -2.05. The van der Waals surface area contributed by atoms with Crippen LogP contribution >= 0.6 is 0 Å². The van der Waals surface area contributed by atoms with Gasteiger partial charge in [-0.3, -0.25) is 4.68 Å². The van der Waals surface area contributed by atoms with Gasteiger partial charge < -0.3 is 14.6 Å². The predicted octanol–water partition coefficient (Wildman–Crippen LogP) is -1.18. The lowest BCUT2D eigenvalue weighted by atomic mass is 10.7. The smallest absolute Gasteiger partial charge is 0.243 e. The van der Waals surface area contributed by atoms with Crippen LogP contribution in [0.3, 0.4) is 0 Å². The van der Waals surface area contributed by atoms with Gasteiger partial charge in [-0.2, -0.15) is 5.10 Å². The molecule has 2 N–H and O–H groups in total. The third-order valence-corrected chi connectivity index (χ3v) is 3.63. The Morgan fingerprint density at radius 2 is 2.21 bits per heavy atom. The first kappa shape index (κ1) is 16.1. The Balaban J connectivity index is 2.38. The third kappa shape index (κ3) is 5.66. The van der Waals surface area contributed by atoms with E-state index in [4.69, 9.17) is 14.6 Å². The summed E-state index contributed by atoms with van der Waals surface area (Å²) in [6, 6.07) is 0. The second-order valence-corrected chi connectivity index (χ2v) is 5.43. The zero-order valence-electron chi connectivity index (χ0n) is 10.8. The van der Waals surface area contributed by atoms with Crippen LogP contribution in [0.1, 0.15) is 0 Å². The summed E-state index contributed by atoms with van der Waals surface area (Å²) in [7, 11) is -2.01. The van der Waals surface area contributed by atoms with Gasteiger partial charge in [0.1, 0.15) is 4.90 Å². The molecule has 0 unspecified atom stereocenters. The van der Waals surface area contributed by atoms with Crippen molar-refractivity contribution in [3.05, 3.63) is 12.4 Å². The van der Waals surface area contributed by atoms with Crippen molar-refractivity contribution >= 4 is 10.0 Å². The summed E-state index contributed by atoms with van der Waals surface area (Å²) < 4.78 is 37.4. The number of nitrogens with zero attached hydrogens (tertiary/aromatic N) is 2. The third-order valence-electron chi connectivity index (χ3n) is 2.22. The number of rotatable bonds is 10. The Kier molecular flexibility index (Phi) is 6.95. The molecule has 1 aromatic heterocycles. The van der Waals surface area contributed by atoms with E-state index in [1.807, 2.05) is 0 Å². The van der Waals surface area contributed by atoms with Crippen LogP contribution in [-0.4, -0.2) is 63.4 Å². The number of methoxy groups -OCH3 is 1. The van der Waals surface area contributed by atoms with Crippen molar-refractivity contribution in [3.8, 4) is 0 Å². The summed E-state index contributed by atoms with van der Waals surface area (Å²) in [6.45, 7) is 1.51. The van der Waals surface area contributed by atoms with Crippen LogP contribution in [0.15, 0.2) is 17.3 Å².